The van der Waals surface area contributed by atoms with Crippen LogP contribution in [0.4, 0.5) is 5.69 Å². The average molecular weight is 419 g/mol. The van der Waals surface area contributed by atoms with Crippen molar-refractivity contribution in [2.75, 3.05) is 45.7 Å². The summed E-state index contributed by atoms with van der Waals surface area (Å²) in [4.78, 5) is 27.1. The Morgan fingerprint density at radius 3 is 2.55 bits per heavy atom. The van der Waals surface area contributed by atoms with E-state index in [0.717, 1.165) is 4.90 Å². The molecule has 8 heteroatoms. The Labute approximate surface area is 175 Å². The Hall–Kier alpha value is -2.77. The maximum Gasteiger partial charge on any atom is 0.279 e. The molecular weight excluding hydrogens is 394 g/mol. The Bertz CT molecular complexity index is 859. The van der Waals surface area contributed by atoms with Crippen LogP contribution in [-0.2, 0) is 9.59 Å². The minimum Gasteiger partial charge on any atom is -0.486 e. The van der Waals surface area contributed by atoms with Crippen LogP contribution < -0.4 is 19.7 Å². The molecule has 0 fully saturated rings. The Morgan fingerprint density at radius 1 is 1.14 bits per heavy atom. The molecule has 154 valence electrons. The summed E-state index contributed by atoms with van der Waals surface area (Å²) in [5.74, 6) is 1.17. The van der Waals surface area contributed by atoms with Gasteiger partial charge in [-0.1, -0.05) is 23.7 Å². The first-order chi connectivity index (χ1) is 13.9. The van der Waals surface area contributed by atoms with Gasteiger partial charge in [-0.3, -0.25) is 9.59 Å². The van der Waals surface area contributed by atoms with E-state index in [2.05, 4.69) is 5.32 Å². The summed E-state index contributed by atoms with van der Waals surface area (Å²) < 4.78 is 11.6. The van der Waals surface area contributed by atoms with Gasteiger partial charge in [-0.05, 0) is 36.4 Å². The van der Waals surface area contributed by atoms with Crippen LogP contribution in [0.15, 0.2) is 48.5 Å². The fraction of sp³-hybridized carbons (Fsp3) is 0.333. The molecule has 2 atom stereocenters. The second-order valence-electron chi connectivity index (χ2n) is 7.14. The van der Waals surface area contributed by atoms with Crippen LogP contribution in [0, 0.1) is 0 Å². The molecule has 0 aromatic heterocycles. The molecule has 2 aromatic carbocycles. The minimum atomic E-state index is -0.229. The normalized spacial score (nSPS) is 16.0. The van der Waals surface area contributed by atoms with Gasteiger partial charge in [0.2, 0.25) is 0 Å². The maximum absolute atomic E-state index is 12.5. The number of benzene rings is 2. The highest BCUT2D eigenvalue weighted by molar-refractivity contribution is 6.30. The topological polar surface area (TPSA) is 72.3 Å². The van der Waals surface area contributed by atoms with Crippen LogP contribution in [0.1, 0.15) is 0 Å². The van der Waals surface area contributed by atoms with E-state index in [9.17, 15) is 9.59 Å². The van der Waals surface area contributed by atoms with Crippen LogP contribution in [-0.4, -0.2) is 63.2 Å². The van der Waals surface area contributed by atoms with Gasteiger partial charge in [0.15, 0.2) is 30.7 Å². The molecule has 7 nitrogen and oxygen atoms in total. The molecule has 3 rings (SSSR count). The maximum atomic E-state index is 12.5. The van der Waals surface area contributed by atoms with Crippen molar-refractivity contribution in [2.24, 2.45) is 0 Å². The Balaban J connectivity index is 1.43. The van der Waals surface area contributed by atoms with Gasteiger partial charge in [0.25, 0.3) is 11.8 Å². The van der Waals surface area contributed by atoms with Crippen LogP contribution >= 0.6 is 11.6 Å². The number of amides is 2. The number of carbonyl (C=O) groups excluding carboxylic acids is 2. The van der Waals surface area contributed by atoms with Crippen molar-refractivity contribution in [3.05, 3.63) is 53.6 Å². The van der Waals surface area contributed by atoms with Gasteiger partial charge in [-0.2, -0.15) is 0 Å². The van der Waals surface area contributed by atoms with Gasteiger partial charge in [0.1, 0.15) is 6.61 Å². The van der Waals surface area contributed by atoms with Gasteiger partial charge in [0.05, 0.1) is 13.6 Å². The van der Waals surface area contributed by atoms with E-state index in [1.807, 2.05) is 31.3 Å². The van der Waals surface area contributed by atoms with Crippen molar-refractivity contribution in [3.63, 3.8) is 0 Å². The zero-order chi connectivity index (χ0) is 20.8. The molecule has 0 bridgehead atoms. The quantitative estimate of drug-likeness (QED) is 0.706. The lowest BCUT2D eigenvalue weighted by Gasteiger charge is -2.29. The summed E-state index contributed by atoms with van der Waals surface area (Å²) in [5, 5.41) is 3.40. The van der Waals surface area contributed by atoms with Gasteiger partial charge in [0, 0.05) is 17.8 Å². The number of halogens is 1. The monoisotopic (exact) mass is 418 g/mol. The highest BCUT2D eigenvalue weighted by Gasteiger charge is 2.25. The second-order valence-corrected chi connectivity index (χ2v) is 7.57. The molecular formula is C21H25ClN3O4+. The number of carbonyl (C=O) groups is 2. The zero-order valence-corrected chi connectivity index (χ0v) is 17.2. The molecule has 0 saturated heterocycles. The summed E-state index contributed by atoms with van der Waals surface area (Å²) in [5.41, 5.74) is 0.672. The van der Waals surface area contributed by atoms with Crippen molar-refractivity contribution >= 4 is 29.1 Å². The van der Waals surface area contributed by atoms with Crippen molar-refractivity contribution in [3.8, 4) is 11.5 Å². The minimum absolute atomic E-state index is 0.0655. The van der Waals surface area contributed by atoms with E-state index in [4.69, 9.17) is 21.1 Å². The fourth-order valence-corrected chi connectivity index (χ4v) is 3.15. The molecule has 2 N–H and O–H groups in total. The molecule has 0 spiro atoms. The third-order valence-corrected chi connectivity index (χ3v) is 4.77. The van der Waals surface area contributed by atoms with Crippen molar-refractivity contribution in [1.29, 1.82) is 0 Å². The van der Waals surface area contributed by atoms with Crippen molar-refractivity contribution < 1.29 is 24.0 Å². The largest absolute Gasteiger partial charge is 0.486 e. The summed E-state index contributed by atoms with van der Waals surface area (Å²) in [7, 11) is 3.54. The van der Waals surface area contributed by atoms with Gasteiger partial charge in [-0.25, -0.2) is 0 Å². The first-order valence-electron chi connectivity index (χ1n) is 9.40. The first kappa shape index (κ1) is 21.0. The molecule has 1 aliphatic rings. The summed E-state index contributed by atoms with van der Waals surface area (Å²) in [6.07, 6.45) is -0.229. The van der Waals surface area contributed by atoms with Gasteiger partial charge >= 0.3 is 0 Å². The SMILES string of the molecule is CN(C[C@@H]1COc2ccccc2O1)C(=O)C[NH+](C)CC(=O)Nc1ccc(Cl)cc1. The number of fused-ring (bicyclic) bond motifs is 1. The van der Waals surface area contributed by atoms with E-state index in [-0.39, 0.29) is 31.0 Å². The average Bonchev–Trinajstić information content (AvgIpc) is 2.69. The number of anilines is 1. The van der Waals surface area contributed by atoms with E-state index in [0.29, 0.717) is 35.4 Å². The smallest absolute Gasteiger partial charge is 0.279 e. The fourth-order valence-electron chi connectivity index (χ4n) is 3.03. The summed E-state index contributed by atoms with van der Waals surface area (Å²) >= 11 is 5.84. The lowest BCUT2D eigenvalue weighted by Crippen LogP contribution is -3.11. The third kappa shape index (κ3) is 6.10. The molecule has 2 amide bonds. The summed E-state index contributed by atoms with van der Waals surface area (Å²) in [6, 6.07) is 14.4. The van der Waals surface area contributed by atoms with Crippen LogP contribution in [0.3, 0.4) is 0 Å². The van der Waals surface area contributed by atoms with Crippen LogP contribution in [0.25, 0.3) is 0 Å². The third-order valence-electron chi connectivity index (χ3n) is 4.51. The van der Waals surface area contributed by atoms with Gasteiger partial charge in [-0.15, -0.1) is 0 Å². The first-order valence-corrected chi connectivity index (χ1v) is 9.77. The molecule has 2 aromatic rings. The van der Waals surface area contributed by atoms with Crippen molar-refractivity contribution in [1.82, 2.24) is 4.90 Å². The summed E-state index contributed by atoms with van der Waals surface area (Å²) in [6.45, 7) is 1.19. The van der Waals surface area contributed by atoms with Gasteiger partial charge < -0.3 is 24.6 Å². The number of hydrogen-bond donors (Lipinski definition) is 2. The predicted molar refractivity (Wildman–Crippen MR) is 111 cm³/mol. The van der Waals surface area contributed by atoms with Crippen LogP contribution in [0.2, 0.25) is 5.02 Å². The van der Waals surface area contributed by atoms with E-state index >= 15 is 0 Å². The standard InChI is InChI=1S/C21H24ClN3O4/c1-24(12-20(26)23-16-9-7-15(22)8-10-16)13-21(27)25(2)11-17-14-28-18-5-3-4-6-19(18)29-17/h3-10,17H,11-14H2,1-2H3,(H,23,26)/p+1/t17-/m1/s1. The second kappa shape index (κ2) is 9.62. The van der Waals surface area contributed by atoms with Crippen LogP contribution in [0.5, 0.6) is 11.5 Å². The van der Waals surface area contributed by atoms with E-state index in [1.165, 1.54) is 0 Å². The van der Waals surface area contributed by atoms with E-state index in [1.54, 1.807) is 36.2 Å². The predicted octanol–water partition coefficient (Wildman–Crippen LogP) is 1.09. The lowest BCUT2D eigenvalue weighted by atomic mass is 10.2. The number of para-hydroxylation sites is 2. The number of nitrogens with zero attached hydrogens (tertiary/aromatic N) is 1. The number of hydrogen-bond acceptors (Lipinski definition) is 4. The highest BCUT2D eigenvalue weighted by Crippen LogP contribution is 2.30. The molecule has 0 saturated carbocycles. The molecule has 1 heterocycles. The number of rotatable bonds is 7. The number of ether oxygens (including phenoxy) is 2. The highest BCUT2D eigenvalue weighted by atomic mass is 35.5. The number of likely N-dealkylation sites (N-methyl/N-ethyl adjacent to an activating group) is 2. The number of nitrogens with one attached hydrogen (secondary N) is 2. The molecule has 0 radical (unpaired) electrons. The zero-order valence-electron chi connectivity index (χ0n) is 16.5. The molecule has 1 unspecified atom stereocenters. The van der Waals surface area contributed by atoms with Crippen molar-refractivity contribution in [2.45, 2.75) is 6.10 Å². The Morgan fingerprint density at radius 2 is 1.83 bits per heavy atom. The molecule has 29 heavy (non-hydrogen) atoms. The Kier molecular flexibility index (Phi) is 6.95. The molecule has 1 aliphatic heterocycles. The lowest BCUT2D eigenvalue weighted by molar-refractivity contribution is -0.862. The molecule has 0 aliphatic carbocycles. The number of quaternary nitrogens is 1. The van der Waals surface area contributed by atoms with E-state index < -0.39 is 0 Å².